The van der Waals surface area contributed by atoms with Crippen LogP contribution in [0.1, 0.15) is 16.2 Å². The first-order valence-electron chi connectivity index (χ1n) is 7.26. The zero-order valence-electron chi connectivity index (χ0n) is 13.3. The molecular weight excluding hydrogens is 332 g/mol. The van der Waals surface area contributed by atoms with Crippen molar-refractivity contribution in [2.75, 3.05) is 7.11 Å². The molecule has 0 amide bonds. The molecule has 3 aromatic rings. The van der Waals surface area contributed by atoms with E-state index in [1.54, 1.807) is 13.0 Å². The van der Waals surface area contributed by atoms with Crippen LogP contribution >= 0.6 is 0 Å². The summed E-state index contributed by atoms with van der Waals surface area (Å²) in [7, 11) is 1.18. The zero-order chi connectivity index (χ0) is 18.1. The monoisotopic (exact) mass is 345 g/mol. The summed E-state index contributed by atoms with van der Waals surface area (Å²) >= 11 is 0. The van der Waals surface area contributed by atoms with Crippen molar-refractivity contribution in [3.05, 3.63) is 59.4 Å². The third-order valence-electron chi connectivity index (χ3n) is 3.66. The largest absolute Gasteiger partial charge is 0.505 e. The van der Waals surface area contributed by atoms with Crippen LogP contribution in [0.15, 0.2) is 36.4 Å². The molecule has 1 aromatic heterocycles. The lowest BCUT2D eigenvalue weighted by atomic mass is 10.1. The molecular formula is C18H13F2NO4. The van der Waals surface area contributed by atoms with Gasteiger partial charge in [0.1, 0.15) is 5.75 Å². The first-order chi connectivity index (χ1) is 11.9. The van der Waals surface area contributed by atoms with Gasteiger partial charge in [0.15, 0.2) is 23.0 Å². The Morgan fingerprint density at radius 1 is 1.16 bits per heavy atom. The fraction of sp³-hybridized carbons (Fsp3) is 0.111. The lowest BCUT2D eigenvalue weighted by Gasteiger charge is -2.11. The molecule has 5 nitrogen and oxygen atoms in total. The molecule has 1 heterocycles. The molecule has 0 aliphatic rings. The first-order valence-corrected chi connectivity index (χ1v) is 7.26. The summed E-state index contributed by atoms with van der Waals surface area (Å²) in [6.45, 7) is 1.67. The number of halogens is 2. The Labute approximate surface area is 141 Å². The van der Waals surface area contributed by atoms with E-state index >= 15 is 0 Å². The maximum Gasteiger partial charge on any atom is 0.360 e. The summed E-state index contributed by atoms with van der Waals surface area (Å²) < 4.78 is 37.0. The molecule has 25 heavy (non-hydrogen) atoms. The Bertz CT molecular complexity index is 988. The predicted octanol–water partition coefficient (Wildman–Crippen LogP) is 4.11. The third-order valence-corrected chi connectivity index (χ3v) is 3.66. The predicted molar refractivity (Wildman–Crippen MR) is 85.9 cm³/mol. The van der Waals surface area contributed by atoms with Crippen molar-refractivity contribution in [2.45, 2.75) is 6.92 Å². The Morgan fingerprint density at radius 3 is 2.64 bits per heavy atom. The van der Waals surface area contributed by atoms with Gasteiger partial charge in [-0.15, -0.1) is 0 Å². The molecule has 0 aliphatic heterocycles. The van der Waals surface area contributed by atoms with Gasteiger partial charge in [-0.1, -0.05) is 6.07 Å². The minimum atomic E-state index is -1.12. The fourth-order valence-corrected chi connectivity index (χ4v) is 2.44. The van der Waals surface area contributed by atoms with E-state index in [1.165, 1.54) is 31.4 Å². The molecule has 0 saturated heterocycles. The maximum absolute atomic E-state index is 13.7. The average Bonchev–Trinajstić information content (AvgIpc) is 2.61. The molecule has 128 valence electrons. The number of aryl methyl sites for hydroxylation is 1. The van der Waals surface area contributed by atoms with Gasteiger partial charge >= 0.3 is 5.97 Å². The van der Waals surface area contributed by atoms with Gasteiger partial charge in [0.05, 0.1) is 7.11 Å². The topological polar surface area (TPSA) is 68.7 Å². The molecule has 0 bridgehead atoms. The van der Waals surface area contributed by atoms with Gasteiger partial charge in [-0.05, 0) is 37.3 Å². The van der Waals surface area contributed by atoms with Gasteiger partial charge < -0.3 is 14.6 Å². The second-order valence-corrected chi connectivity index (χ2v) is 5.25. The number of methoxy groups -OCH3 is 1. The SMILES string of the molecule is COC(=O)c1nc(C)c2ccc(Oc3cccc(F)c3F)cc2c1O. The lowest BCUT2D eigenvalue weighted by molar-refractivity contribution is 0.0590. The zero-order valence-corrected chi connectivity index (χ0v) is 13.3. The van der Waals surface area contributed by atoms with Crippen molar-refractivity contribution in [1.29, 1.82) is 0 Å². The number of hydrogen-bond acceptors (Lipinski definition) is 5. The fourth-order valence-electron chi connectivity index (χ4n) is 2.44. The van der Waals surface area contributed by atoms with Crippen LogP contribution in [0.3, 0.4) is 0 Å². The van der Waals surface area contributed by atoms with Crippen molar-refractivity contribution < 1.29 is 28.2 Å². The van der Waals surface area contributed by atoms with Crippen molar-refractivity contribution in [3.63, 3.8) is 0 Å². The summed E-state index contributed by atoms with van der Waals surface area (Å²) in [4.78, 5) is 15.8. The van der Waals surface area contributed by atoms with E-state index in [4.69, 9.17) is 4.74 Å². The second kappa shape index (κ2) is 6.35. The van der Waals surface area contributed by atoms with E-state index in [2.05, 4.69) is 9.72 Å². The van der Waals surface area contributed by atoms with Crippen molar-refractivity contribution >= 4 is 16.7 Å². The molecule has 0 saturated carbocycles. The van der Waals surface area contributed by atoms with Crippen molar-refractivity contribution in [2.24, 2.45) is 0 Å². The van der Waals surface area contributed by atoms with Crippen LogP contribution in [-0.2, 0) is 4.74 Å². The number of carbonyl (C=O) groups is 1. The molecule has 0 spiro atoms. The van der Waals surface area contributed by atoms with Crippen LogP contribution in [0.2, 0.25) is 0 Å². The lowest BCUT2D eigenvalue weighted by Crippen LogP contribution is -2.06. The summed E-state index contributed by atoms with van der Waals surface area (Å²) in [5.41, 5.74) is 0.262. The van der Waals surface area contributed by atoms with Crippen LogP contribution in [0.5, 0.6) is 17.2 Å². The maximum atomic E-state index is 13.7. The number of rotatable bonds is 3. The molecule has 0 aliphatic carbocycles. The second-order valence-electron chi connectivity index (χ2n) is 5.25. The highest BCUT2D eigenvalue weighted by molar-refractivity contribution is 6.00. The number of ether oxygens (including phenoxy) is 2. The molecule has 0 fully saturated rings. The number of nitrogens with zero attached hydrogens (tertiary/aromatic N) is 1. The smallest absolute Gasteiger partial charge is 0.360 e. The van der Waals surface area contributed by atoms with Crippen LogP contribution in [-0.4, -0.2) is 23.2 Å². The van der Waals surface area contributed by atoms with Crippen molar-refractivity contribution in [1.82, 2.24) is 4.98 Å². The van der Waals surface area contributed by atoms with Gasteiger partial charge in [0.2, 0.25) is 5.82 Å². The van der Waals surface area contributed by atoms with Gasteiger partial charge in [-0.3, -0.25) is 0 Å². The van der Waals surface area contributed by atoms with Crippen LogP contribution in [0.25, 0.3) is 10.8 Å². The van der Waals surface area contributed by atoms with Gasteiger partial charge in [0.25, 0.3) is 0 Å². The van der Waals surface area contributed by atoms with Gasteiger partial charge in [0, 0.05) is 16.5 Å². The number of hydrogen-bond donors (Lipinski definition) is 1. The quantitative estimate of drug-likeness (QED) is 0.724. The third kappa shape index (κ3) is 2.96. The summed E-state index contributed by atoms with van der Waals surface area (Å²) in [5.74, 6) is -3.45. The highest BCUT2D eigenvalue weighted by atomic mass is 19.2. The first kappa shape index (κ1) is 16.6. The Morgan fingerprint density at radius 2 is 1.92 bits per heavy atom. The van der Waals surface area contributed by atoms with Gasteiger partial charge in [-0.2, -0.15) is 4.39 Å². The van der Waals surface area contributed by atoms with E-state index in [1.807, 2.05) is 0 Å². The van der Waals surface area contributed by atoms with E-state index in [-0.39, 0.29) is 28.3 Å². The van der Waals surface area contributed by atoms with E-state index in [0.717, 1.165) is 6.07 Å². The standard InChI is InChI=1S/C18H13F2NO4/c1-9-11-7-6-10(25-14-5-3-4-13(19)15(14)20)8-12(11)17(22)16(21-9)18(23)24-2/h3-8,22H,1-2H3. The Hall–Kier alpha value is -3.22. The number of aromatic hydroxyl groups is 1. The molecule has 2 aromatic carbocycles. The number of fused-ring (bicyclic) bond motifs is 1. The molecule has 7 heteroatoms. The van der Waals surface area contributed by atoms with E-state index in [9.17, 15) is 18.7 Å². The van der Waals surface area contributed by atoms with Crippen LogP contribution in [0.4, 0.5) is 8.78 Å². The van der Waals surface area contributed by atoms with Crippen LogP contribution < -0.4 is 4.74 Å². The Balaban J connectivity index is 2.11. The number of benzene rings is 2. The van der Waals surface area contributed by atoms with Crippen molar-refractivity contribution in [3.8, 4) is 17.2 Å². The van der Waals surface area contributed by atoms with Gasteiger partial charge in [-0.25, -0.2) is 14.2 Å². The molecule has 1 N–H and O–H groups in total. The minimum Gasteiger partial charge on any atom is -0.505 e. The highest BCUT2D eigenvalue weighted by Gasteiger charge is 2.19. The molecule has 0 radical (unpaired) electrons. The summed E-state index contributed by atoms with van der Waals surface area (Å²) in [6, 6.07) is 8.11. The number of esters is 1. The van der Waals surface area contributed by atoms with E-state index in [0.29, 0.717) is 11.1 Å². The Kier molecular flexibility index (Phi) is 4.22. The van der Waals surface area contributed by atoms with E-state index < -0.39 is 17.6 Å². The summed E-state index contributed by atoms with van der Waals surface area (Å²) in [5, 5.41) is 11.2. The number of pyridine rings is 1. The normalized spacial score (nSPS) is 10.7. The molecule has 0 atom stereocenters. The number of aromatic nitrogens is 1. The highest BCUT2D eigenvalue weighted by Crippen LogP contribution is 2.34. The summed E-state index contributed by atoms with van der Waals surface area (Å²) in [6.07, 6.45) is 0. The number of carbonyl (C=O) groups excluding carboxylic acids is 1. The average molecular weight is 345 g/mol. The molecule has 0 unspecified atom stereocenters. The molecule has 3 rings (SSSR count). The van der Waals surface area contributed by atoms with Crippen LogP contribution in [0, 0.1) is 18.6 Å². The minimum absolute atomic E-state index is 0.161.